The van der Waals surface area contributed by atoms with Gasteiger partial charge in [-0.1, -0.05) is 103 Å². The number of esters is 1. The number of anilines is 1. The lowest BCUT2D eigenvalue weighted by Crippen LogP contribution is -2.53. The molecule has 1 aliphatic heterocycles. The number of aromatic carboxylic acids is 1. The lowest BCUT2D eigenvalue weighted by atomic mass is 9.64. The van der Waals surface area contributed by atoms with Crippen LogP contribution in [0.2, 0.25) is 0 Å². The van der Waals surface area contributed by atoms with Crippen LogP contribution in [-0.4, -0.2) is 67.1 Å². The first-order chi connectivity index (χ1) is 24.4. The molecule has 0 saturated carbocycles. The highest BCUT2D eigenvalue weighted by molar-refractivity contribution is 6.02. The number of hydrogen-bond acceptors (Lipinski definition) is 10. The Morgan fingerprint density at radius 3 is 1.96 bits per heavy atom. The fourth-order valence-electron chi connectivity index (χ4n) is 6.88. The number of carbonyl (C=O) groups is 2. The van der Waals surface area contributed by atoms with Gasteiger partial charge in [0, 0.05) is 6.42 Å². The van der Waals surface area contributed by atoms with E-state index in [4.69, 9.17) is 14.3 Å². The third-order valence-electron chi connectivity index (χ3n) is 9.03. The second kappa shape index (κ2) is 13.9. The van der Waals surface area contributed by atoms with E-state index < -0.39 is 41.9 Å². The SMILES string of the molecule is CONc1ncnc2c1ncn2[C@H]1C[C@H](O)[C@@H](C(OC(=O)c2ccccc2C(=O)O)C(c2ccccc2)(c2ccccc2)c2ccccc2)O1. The zero-order valence-corrected chi connectivity index (χ0v) is 26.9. The number of nitrogens with zero attached hydrogens (tertiary/aromatic N) is 4. The van der Waals surface area contributed by atoms with Gasteiger partial charge in [0.2, 0.25) is 0 Å². The van der Waals surface area contributed by atoms with Crippen molar-refractivity contribution in [3.8, 4) is 0 Å². The number of carboxylic acid groups (broad SMARTS) is 1. The van der Waals surface area contributed by atoms with Crippen molar-refractivity contribution in [2.75, 3.05) is 12.6 Å². The summed E-state index contributed by atoms with van der Waals surface area (Å²) >= 11 is 0. The Labute approximate surface area is 286 Å². The van der Waals surface area contributed by atoms with Crippen molar-refractivity contribution in [2.45, 2.75) is 36.4 Å². The minimum absolute atomic E-state index is 0.0986. The van der Waals surface area contributed by atoms with Crippen LogP contribution in [-0.2, 0) is 19.7 Å². The maximum atomic E-state index is 14.3. The first-order valence-corrected chi connectivity index (χ1v) is 15.9. The second-order valence-electron chi connectivity index (χ2n) is 11.8. The summed E-state index contributed by atoms with van der Waals surface area (Å²) in [7, 11) is 1.46. The number of carbonyl (C=O) groups excluding carboxylic acids is 1. The first kappa shape index (κ1) is 32.6. The molecular formula is C38H33N5O7. The molecular weight excluding hydrogens is 638 g/mol. The smallest absolute Gasteiger partial charge is 0.339 e. The predicted molar refractivity (Wildman–Crippen MR) is 182 cm³/mol. The number of aromatic nitrogens is 4. The Kier molecular flexibility index (Phi) is 9.05. The Bertz CT molecular complexity index is 2010. The maximum absolute atomic E-state index is 14.3. The molecule has 12 heteroatoms. The number of nitrogens with one attached hydrogen (secondary N) is 1. The average Bonchev–Trinajstić information content (AvgIpc) is 3.77. The van der Waals surface area contributed by atoms with E-state index >= 15 is 0 Å². The second-order valence-corrected chi connectivity index (χ2v) is 11.8. The van der Waals surface area contributed by atoms with Crippen molar-refractivity contribution in [3.63, 3.8) is 0 Å². The van der Waals surface area contributed by atoms with E-state index in [1.54, 1.807) is 23.0 Å². The monoisotopic (exact) mass is 671 g/mol. The summed E-state index contributed by atoms with van der Waals surface area (Å²) in [4.78, 5) is 44.7. The summed E-state index contributed by atoms with van der Waals surface area (Å²) in [6.07, 6.45) is -1.29. The van der Waals surface area contributed by atoms with Crippen LogP contribution in [0.15, 0.2) is 128 Å². The summed E-state index contributed by atoms with van der Waals surface area (Å²) in [6.45, 7) is 0. The van der Waals surface area contributed by atoms with Gasteiger partial charge >= 0.3 is 11.9 Å². The zero-order valence-electron chi connectivity index (χ0n) is 26.9. The number of rotatable bonds is 11. The Morgan fingerprint density at radius 2 is 1.40 bits per heavy atom. The van der Waals surface area contributed by atoms with Gasteiger partial charge in [0.05, 0.1) is 36.1 Å². The number of carboxylic acids is 1. The van der Waals surface area contributed by atoms with Crippen molar-refractivity contribution in [2.24, 2.45) is 0 Å². The molecule has 0 aliphatic carbocycles. The van der Waals surface area contributed by atoms with Gasteiger partial charge in [-0.25, -0.2) is 30.0 Å². The number of fused-ring (bicyclic) bond motifs is 1. The zero-order chi connectivity index (χ0) is 34.7. The third kappa shape index (κ3) is 5.75. The Hall–Kier alpha value is -5.95. The van der Waals surface area contributed by atoms with E-state index in [1.807, 2.05) is 91.0 Å². The molecule has 252 valence electrons. The van der Waals surface area contributed by atoms with Crippen LogP contribution in [0.25, 0.3) is 11.2 Å². The van der Waals surface area contributed by atoms with Gasteiger partial charge in [-0.15, -0.1) is 0 Å². The highest BCUT2D eigenvalue weighted by Crippen LogP contribution is 2.48. The van der Waals surface area contributed by atoms with Crippen molar-refractivity contribution in [1.82, 2.24) is 19.5 Å². The summed E-state index contributed by atoms with van der Waals surface area (Å²) < 4.78 is 15.0. The Balaban J connectivity index is 1.43. The van der Waals surface area contributed by atoms with Gasteiger partial charge in [0.15, 0.2) is 17.0 Å². The quantitative estimate of drug-likeness (QED) is 0.0919. The molecule has 6 aromatic rings. The van der Waals surface area contributed by atoms with Crippen molar-refractivity contribution in [1.29, 1.82) is 0 Å². The minimum atomic E-state index is -1.27. The van der Waals surface area contributed by atoms with Crippen molar-refractivity contribution < 1.29 is 34.1 Å². The first-order valence-electron chi connectivity index (χ1n) is 15.9. The molecule has 1 fully saturated rings. The average molecular weight is 672 g/mol. The Morgan fingerprint density at radius 1 is 0.840 bits per heavy atom. The molecule has 0 radical (unpaired) electrons. The number of imidazole rings is 1. The summed E-state index contributed by atoms with van der Waals surface area (Å²) in [5.74, 6) is -1.80. The molecule has 3 N–H and O–H groups in total. The maximum Gasteiger partial charge on any atom is 0.339 e. The molecule has 3 heterocycles. The van der Waals surface area contributed by atoms with E-state index in [0.29, 0.717) is 17.0 Å². The van der Waals surface area contributed by atoms with Gasteiger partial charge in [0.25, 0.3) is 0 Å². The molecule has 1 unspecified atom stereocenters. The number of ether oxygens (including phenoxy) is 2. The van der Waals surface area contributed by atoms with Gasteiger partial charge < -0.3 is 19.7 Å². The number of aliphatic hydroxyl groups is 1. The fourth-order valence-corrected chi connectivity index (χ4v) is 6.88. The predicted octanol–water partition coefficient (Wildman–Crippen LogP) is 5.41. The van der Waals surface area contributed by atoms with Crippen LogP contribution in [0.3, 0.4) is 0 Å². The molecule has 4 atom stereocenters. The number of benzene rings is 4. The third-order valence-corrected chi connectivity index (χ3v) is 9.03. The standard InChI is InChI=1S/C38H33N5O7/c1-48-42-34-31-35(40-22-39-34)43(23-41-31)30-21-29(44)32(49-30)33(50-37(47)28-20-12-11-19-27(28)36(45)46)38(24-13-5-2-6-14-24,25-15-7-3-8-16-25)26-17-9-4-10-18-26/h2-20,22-23,29-30,32-33,44H,21H2,1H3,(H,45,46)(H,39,40,42)/t29-,30+,32-,33?/m0/s1. The van der Waals surface area contributed by atoms with E-state index in [1.165, 1.54) is 25.6 Å². The van der Waals surface area contributed by atoms with Crippen LogP contribution in [0, 0.1) is 0 Å². The van der Waals surface area contributed by atoms with Crippen LogP contribution in [0.5, 0.6) is 0 Å². The minimum Gasteiger partial charge on any atom is -0.478 e. The van der Waals surface area contributed by atoms with Crippen molar-refractivity contribution in [3.05, 3.63) is 156 Å². The van der Waals surface area contributed by atoms with Crippen LogP contribution in [0.1, 0.15) is 50.1 Å². The normalized spacial score (nSPS) is 18.1. The summed E-state index contributed by atoms with van der Waals surface area (Å²) in [5.41, 5.74) is 4.24. The van der Waals surface area contributed by atoms with E-state index in [-0.39, 0.29) is 17.5 Å². The molecule has 0 bridgehead atoms. The highest BCUT2D eigenvalue weighted by atomic mass is 16.6. The topological polar surface area (TPSA) is 158 Å². The van der Waals surface area contributed by atoms with Gasteiger partial charge in [-0.05, 0) is 28.8 Å². The largest absolute Gasteiger partial charge is 0.478 e. The molecule has 12 nitrogen and oxygen atoms in total. The van der Waals surface area contributed by atoms with Crippen molar-refractivity contribution >= 4 is 28.9 Å². The molecule has 4 aromatic carbocycles. The summed E-state index contributed by atoms with van der Waals surface area (Å²) in [5, 5.41) is 21.9. The molecule has 2 aromatic heterocycles. The van der Waals surface area contributed by atoms with Gasteiger partial charge in [0.1, 0.15) is 24.8 Å². The molecule has 50 heavy (non-hydrogen) atoms. The van der Waals surface area contributed by atoms with Gasteiger partial charge in [-0.2, -0.15) is 0 Å². The van der Waals surface area contributed by atoms with Gasteiger partial charge in [-0.3, -0.25) is 9.40 Å². The molecule has 0 amide bonds. The highest BCUT2D eigenvalue weighted by Gasteiger charge is 2.55. The lowest BCUT2D eigenvalue weighted by Gasteiger charge is -2.44. The lowest BCUT2D eigenvalue weighted by molar-refractivity contribution is -0.103. The molecule has 0 spiro atoms. The van der Waals surface area contributed by atoms with E-state index in [9.17, 15) is 19.8 Å². The van der Waals surface area contributed by atoms with Crippen LogP contribution in [0.4, 0.5) is 5.82 Å². The van der Waals surface area contributed by atoms with E-state index in [2.05, 4.69) is 20.4 Å². The van der Waals surface area contributed by atoms with E-state index in [0.717, 1.165) is 16.7 Å². The number of hydrogen-bond donors (Lipinski definition) is 3. The number of aliphatic hydroxyl groups excluding tert-OH is 1. The van der Waals surface area contributed by atoms with Crippen LogP contribution >= 0.6 is 0 Å². The molecule has 1 saturated heterocycles. The molecule has 7 rings (SSSR count). The summed E-state index contributed by atoms with van der Waals surface area (Å²) in [6, 6.07) is 34.6. The molecule has 1 aliphatic rings. The fraction of sp³-hybridized carbons (Fsp3) is 0.184. The van der Waals surface area contributed by atoms with Crippen LogP contribution < -0.4 is 5.48 Å².